The molecule has 0 saturated heterocycles. The number of benzene rings is 2. The molecule has 0 atom stereocenters. The first-order valence-electron chi connectivity index (χ1n) is 6.56. The number of rotatable bonds is 1. The average molecular weight is 246 g/mol. The number of hydrogen-bond acceptors (Lipinski definition) is 1. The summed E-state index contributed by atoms with van der Waals surface area (Å²) in [4.78, 5) is 0. The zero-order valence-electron chi connectivity index (χ0n) is 10.7. The fourth-order valence-corrected chi connectivity index (χ4v) is 3.12. The third-order valence-corrected chi connectivity index (χ3v) is 4.12. The Balaban J connectivity index is 1.83. The van der Waals surface area contributed by atoms with Gasteiger partial charge >= 0.3 is 0 Å². The van der Waals surface area contributed by atoms with E-state index >= 15 is 0 Å². The van der Waals surface area contributed by atoms with Gasteiger partial charge in [0.2, 0.25) is 0 Å². The Morgan fingerprint density at radius 2 is 1.74 bits per heavy atom. The van der Waals surface area contributed by atoms with Gasteiger partial charge in [0.1, 0.15) is 12.8 Å². The molecule has 2 aromatic carbocycles. The van der Waals surface area contributed by atoms with Crippen LogP contribution in [-0.2, 0) is 19.4 Å². The quantitative estimate of drug-likeness (QED) is 0.356. The van der Waals surface area contributed by atoms with Crippen LogP contribution in [0.3, 0.4) is 0 Å². The lowest BCUT2D eigenvalue weighted by molar-refractivity contribution is -0.539. The standard InChI is InChI=1S/C17H14N2/c1-18-19-10-15-7-6-14-8-12-4-2-3-5-13(12)9-16(14)17(15)11-19/h2-7H,1,8-9,11H2. The fourth-order valence-electron chi connectivity index (χ4n) is 3.12. The van der Waals surface area contributed by atoms with Crippen molar-refractivity contribution in [3.05, 3.63) is 69.8 Å². The van der Waals surface area contributed by atoms with Gasteiger partial charge in [-0.15, -0.1) is 16.3 Å². The van der Waals surface area contributed by atoms with Crippen LogP contribution in [-0.4, -0.2) is 17.6 Å². The van der Waals surface area contributed by atoms with Crippen LogP contribution < -0.4 is 0 Å². The summed E-state index contributed by atoms with van der Waals surface area (Å²) < 4.78 is 1.80. The molecular weight excluding hydrogens is 232 g/mol. The van der Waals surface area contributed by atoms with Crippen molar-refractivity contribution in [3.8, 4) is 0 Å². The summed E-state index contributed by atoms with van der Waals surface area (Å²) in [6, 6.07) is 13.1. The summed E-state index contributed by atoms with van der Waals surface area (Å²) >= 11 is 0. The van der Waals surface area contributed by atoms with E-state index in [0.29, 0.717) is 0 Å². The van der Waals surface area contributed by atoms with E-state index in [1.165, 1.54) is 33.4 Å². The van der Waals surface area contributed by atoms with Crippen molar-refractivity contribution < 1.29 is 4.68 Å². The van der Waals surface area contributed by atoms with Gasteiger partial charge < -0.3 is 0 Å². The maximum Gasteiger partial charge on any atom is 0.150 e. The lowest BCUT2D eigenvalue weighted by Crippen LogP contribution is -2.11. The van der Waals surface area contributed by atoms with E-state index in [-0.39, 0.29) is 0 Å². The van der Waals surface area contributed by atoms with Gasteiger partial charge in [0, 0.05) is 0 Å². The molecule has 92 valence electrons. The molecule has 0 unspecified atom stereocenters. The lowest BCUT2D eigenvalue weighted by Gasteiger charge is -2.24. The molecular formula is C17H14N2. The lowest BCUT2D eigenvalue weighted by atomic mass is 9.83. The van der Waals surface area contributed by atoms with Crippen LogP contribution in [0.4, 0.5) is 0 Å². The van der Waals surface area contributed by atoms with E-state index < -0.39 is 0 Å². The molecule has 2 nitrogen and oxygen atoms in total. The highest BCUT2D eigenvalue weighted by molar-refractivity contribution is 5.81. The van der Waals surface area contributed by atoms with Gasteiger partial charge in [0.25, 0.3) is 0 Å². The van der Waals surface area contributed by atoms with Gasteiger partial charge in [0.15, 0.2) is 0 Å². The van der Waals surface area contributed by atoms with E-state index in [9.17, 15) is 0 Å². The zero-order chi connectivity index (χ0) is 12.8. The molecule has 0 amide bonds. The van der Waals surface area contributed by atoms with Gasteiger partial charge in [-0.3, -0.25) is 0 Å². The number of nitrogens with zero attached hydrogens (tertiary/aromatic N) is 2. The average Bonchev–Trinajstić information content (AvgIpc) is 2.89. The largest absolute Gasteiger partial charge is 0.157 e. The molecule has 1 heterocycles. The Hall–Kier alpha value is -2.22. The second-order valence-corrected chi connectivity index (χ2v) is 5.16. The third kappa shape index (κ3) is 1.56. The highest BCUT2D eigenvalue weighted by Gasteiger charge is 2.20. The predicted molar refractivity (Wildman–Crippen MR) is 76.1 cm³/mol. The first-order valence-corrected chi connectivity index (χ1v) is 6.56. The van der Waals surface area contributed by atoms with Crippen molar-refractivity contribution in [3.63, 3.8) is 0 Å². The summed E-state index contributed by atoms with van der Waals surface area (Å²) in [6.07, 6.45) is 5.33. The van der Waals surface area contributed by atoms with Crippen LogP contribution >= 0.6 is 0 Å². The smallest absolute Gasteiger partial charge is 0.150 e. The minimum absolute atomic E-state index is 0.810. The van der Waals surface area contributed by atoms with Crippen LogP contribution in [0.5, 0.6) is 0 Å². The molecule has 0 bridgehead atoms. The monoisotopic (exact) mass is 246 g/mol. The van der Waals surface area contributed by atoms with Crippen LogP contribution in [0.1, 0.15) is 33.4 Å². The first-order chi connectivity index (χ1) is 9.35. The Kier molecular flexibility index (Phi) is 2.18. The topological polar surface area (TPSA) is 15.4 Å². The van der Waals surface area contributed by atoms with Crippen LogP contribution in [0, 0.1) is 0 Å². The molecule has 0 radical (unpaired) electrons. The predicted octanol–water partition coefficient (Wildman–Crippen LogP) is 2.62. The first kappa shape index (κ1) is 10.7. The summed E-state index contributed by atoms with van der Waals surface area (Å²) in [6.45, 7) is 4.40. The molecule has 0 spiro atoms. The van der Waals surface area contributed by atoms with Gasteiger partial charge in [-0.25, -0.2) is 0 Å². The Bertz CT molecular complexity index is 726. The Morgan fingerprint density at radius 1 is 0.947 bits per heavy atom. The SMILES string of the molecule is C=N[N+]1=[C-]c2ccc3c(c2C1)Cc1ccccc1C3. The molecule has 19 heavy (non-hydrogen) atoms. The number of fused-ring (bicyclic) bond motifs is 4. The molecule has 0 saturated carbocycles. The second kappa shape index (κ2) is 3.89. The highest BCUT2D eigenvalue weighted by atomic mass is 15.4. The fraction of sp³-hybridized carbons (Fsp3) is 0.176. The van der Waals surface area contributed by atoms with Gasteiger partial charge in [0.05, 0.1) is 6.72 Å². The number of hydrogen-bond donors (Lipinski definition) is 0. The molecule has 2 aliphatic rings. The molecule has 0 fully saturated rings. The maximum atomic E-state index is 3.97. The van der Waals surface area contributed by atoms with E-state index in [4.69, 9.17) is 0 Å². The summed E-state index contributed by atoms with van der Waals surface area (Å²) in [7, 11) is 0. The van der Waals surface area contributed by atoms with Crippen molar-refractivity contribution in [2.45, 2.75) is 19.4 Å². The minimum atomic E-state index is 0.810. The zero-order valence-corrected chi connectivity index (χ0v) is 10.7. The molecule has 0 aromatic heterocycles. The highest BCUT2D eigenvalue weighted by Crippen LogP contribution is 2.32. The van der Waals surface area contributed by atoms with E-state index in [0.717, 1.165) is 19.4 Å². The molecule has 2 aromatic rings. The summed E-state index contributed by atoms with van der Waals surface area (Å²) in [5.41, 5.74) is 8.37. The minimum Gasteiger partial charge on any atom is -0.157 e. The second-order valence-electron chi connectivity index (χ2n) is 5.16. The van der Waals surface area contributed by atoms with Crippen molar-refractivity contribution in [2.75, 3.05) is 0 Å². The van der Waals surface area contributed by atoms with Crippen LogP contribution in [0.15, 0.2) is 41.5 Å². The van der Waals surface area contributed by atoms with Crippen LogP contribution in [0.2, 0.25) is 0 Å². The number of hydrazone groups is 1. The normalized spacial score (nSPS) is 15.3. The third-order valence-electron chi connectivity index (χ3n) is 4.12. The van der Waals surface area contributed by atoms with Crippen molar-refractivity contribution in [1.29, 1.82) is 0 Å². The molecule has 1 aliphatic heterocycles. The van der Waals surface area contributed by atoms with E-state index in [1.807, 2.05) is 0 Å². The maximum absolute atomic E-state index is 3.97. The molecule has 2 heteroatoms. The molecule has 4 rings (SSSR count). The summed E-state index contributed by atoms with van der Waals surface area (Å²) in [5, 5.41) is 3.97. The van der Waals surface area contributed by atoms with Gasteiger partial charge in [-0.2, -0.15) is 6.07 Å². The summed E-state index contributed by atoms with van der Waals surface area (Å²) in [5.74, 6) is 0. The molecule has 1 aliphatic carbocycles. The van der Waals surface area contributed by atoms with E-state index in [1.54, 1.807) is 4.68 Å². The van der Waals surface area contributed by atoms with Gasteiger partial charge in [-0.05, 0) is 29.1 Å². The Labute approximate surface area is 112 Å². The van der Waals surface area contributed by atoms with Crippen molar-refractivity contribution in [1.82, 2.24) is 0 Å². The van der Waals surface area contributed by atoms with Crippen LogP contribution in [0.25, 0.3) is 0 Å². The molecule has 0 N–H and O–H groups in total. The van der Waals surface area contributed by atoms with Gasteiger partial charge in [-0.1, -0.05) is 41.0 Å². The Morgan fingerprint density at radius 3 is 2.53 bits per heavy atom. The van der Waals surface area contributed by atoms with Crippen molar-refractivity contribution >= 4 is 12.9 Å². The van der Waals surface area contributed by atoms with E-state index in [2.05, 4.69) is 54.4 Å². The van der Waals surface area contributed by atoms with Crippen molar-refractivity contribution in [2.24, 2.45) is 5.10 Å².